The lowest BCUT2D eigenvalue weighted by atomic mass is 9.67. The van der Waals surface area contributed by atoms with E-state index in [0.717, 1.165) is 16.6 Å². The maximum absolute atomic E-state index is 5.27. The summed E-state index contributed by atoms with van der Waals surface area (Å²) in [6.45, 7) is 11.9. The van der Waals surface area contributed by atoms with Crippen LogP contribution in [0.4, 0.5) is 0 Å². The highest BCUT2D eigenvalue weighted by atomic mass is 15.2. The van der Waals surface area contributed by atoms with Gasteiger partial charge in [-0.3, -0.25) is 4.57 Å². The Morgan fingerprint density at radius 1 is 0.521 bits per heavy atom. The van der Waals surface area contributed by atoms with E-state index in [-0.39, 0.29) is 10.8 Å². The van der Waals surface area contributed by atoms with Gasteiger partial charge in [0.2, 0.25) is 5.95 Å². The molecule has 0 amide bonds. The monoisotopic (exact) mass is 618 g/mol. The minimum absolute atomic E-state index is 0.141. The van der Waals surface area contributed by atoms with E-state index in [1.54, 1.807) is 0 Å². The van der Waals surface area contributed by atoms with Gasteiger partial charge in [0.1, 0.15) is 0 Å². The first-order valence-corrected chi connectivity index (χ1v) is 16.8. The van der Waals surface area contributed by atoms with E-state index in [4.69, 9.17) is 15.0 Å². The Bertz CT molecular complexity index is 2600. The summed E-state index contributed by atoms with van der Waals surface area (Å²) in [4.78, 5) is 15.6. The fourth-order valence-corrected chi connectivity index (χ4v) is 8.80. The molecule has 0 spiro atoms. The Hall–Kier alpha value is -5.61. The summed E-state index contributed by atoms with van der Waals surface area (Å²) in [6, 6.07) is 41.1. The Balaban J connectivity index is 1.41. The van der Waals surface area contributed by atoms with Crippen LogP contribution in [-0.2, 0) is 10.8 Å². The molecule has 0 N–H and O–H groups in total. The van der Waals surface area contributed by atoms with Crippen molar-refractivity contribution in [3.8, 4) is 39.9 Å². The number of rotatable bonds is 3. The number of nitrogens with zero attached hydrogens (tertiary/aromatic N) is 4. The SMILES string of the molecule is Cc1cc2c3c4c(cccc14)C(C)(C)c1c-3c(cc3c4ccccc4n(-c4nc(-c5ccccc5)nc(-c5ccccc5)n4)c13)C2(C)C. The van der Waals surface area contributed by atoms with E-state index in [2.05, 4.69) is 118 Å². The first-order valence-electron chi connectivity index (χ1n) is 16.8. The second kappa shape index (κ2) is 9.26. The van der Waals surface area contributed by atoms with Crippen LogP contribution in [0.5, 0.6) is 0 Å². The van der Waals surface area contributed by atoms with Gasteiger partial charge in [-0.15, -0.1) is 0 Å². The van der Waals surface area contributed by atoms with Crippen molar-refractivity contribution in [1.82, 2.24) is 19.5 Å². The molecular formula is C44H34N4. The van der Waals surface area contributed by atoms with Gasteiger partial charge in [0, 0.05) is 32.7 Å². The van der Waals surface area contributed by atoms with E-state index in [1.807, 2.05) is 36.4 Å². The molecule has 4 nitrogen and oxygen atoms in total. The van der Waals surface area contributed by atoms with Gasteiger partial charge < -0.3 is 0 Å². The van der Waals surface area contributed by atoms with Crippen LogP contribution >= 0.6 is 0 Å². The van der Waals surface area contributed by atoms with Crippen molar-refractivity contribution < 1.29 is 0 Å². The summed E-state index contributed by atoms with van der Waals surface area (Å²) in [5.74, 6) is 1.95. The number of aromatic nitrogens is 4. The first kappa shape index (κ1) is 27.5. The van der Waals surface area contributed by atoms with Crippen LogP contribution in [0.25, 0.3) is 72.4 Å². The molecule has 6 aromatic carbocycles. The van der Waals surface area contributed by atoms with Crippen LogP contribution in [0, 0.1) is 6.92 Å². The maximum atomic E-state index is 5.27. The Labute approximate surface area is 279 Å². The number of para-hydroxylation sites is 1. The van der Waals surface area contributed by atoms with Crippen molar-refractivity contribution in [3.05, 3.63) is 143 Å². The summed E-state index contributed by atoms with van der Waals surface area (Å²) in [5, 5.41) is 5.21. The topological polar surface area (TPSA) is 43.6 Å². The summed E-state index contributed by atoms with van der Waals surface area (Å²) < 4.78 is 2.33. The highest BCUT2D eigenvalue weighted by molar-refractivity contribution is 6.17. The Morgan fingerprint density at radius 2 is 1.12 bits per heavy atom. The van der Waals surface area contributed by atoms with Crippen LogP contribution in [0.15, 0.2) is 115 Å². The van der Waals surface area contributed by atoms with Crippen molar-refractivity contribution in [2.24, 2.45) is 0 Å². The van der Waals surface area contributed by atoms with E-state index in [1.165, 1.54) is 66.0 Å². The van der Waals surface area contributed by atoms with Crippen LogP contribution in [0.3, 0.4) is 0 Å². The molecule has 4 heteroatoms. The number of hydrogen-bond donors (Lipinski definition) is 0. The highest BCUT2D eigenvalue weighted by Crippen LogP contribution is 2.62. The van der Waals surface area contributed by atoms with Gasteiger partial charge >= 0.3 is 0 Å². The van der Waals surface area contributed by atoms with Crippen LogP contribution in [0.1, 0.15) is 55.5 Å². The molecule has 48 heavy (non-hydrogen) atoms. The van der Waals surface area contributed by atoms with Gasteiger partial charge in [-0.05, 0) is 68.8 Å². The fraction of sp³-hybridized carbons (Fsp3) is 0.159. The zero-order valence-corrected chi connectivity index (χ0v) is 27.8. The fourth-order valence-electron chi connectivity index (χ4n) is 8.80. The molecule has 0 bridgehead atoms. The molecule has 230 valence electrons. The molecule has 0 aliphatic heterocycles. The Kier molecular flexibility index (Phi) is 5.30. The minimum Gasteiger partial charge on any atom is -0.277 e. The summed E-state index contributed by atoms with van der Waals surface area (Å²) in [7, 11) is 0. The zero-order chi connectivity index (χ0) is 32.5. The van der Waals surface area contributed by atoms with Crippen LogP contribution in [-0.4, -0.2) is 19.5 Å². The molecule has 0 saturated carbocycles. The van der Waals surface area contributed by atoms with Crippen molar-refractivity contribution >= 4 is 32.6 Å². The molecule has 0 atom stereocenters. The van der Waals surface area contributed by atoms with Crippen molar-refractivity contribution in [2.45, 2.75) is 45.4 Å². The van der Waals surface area contributed by atoms with Gasteiger partial charge in [0.25, 0.3) is 0 Å². The second-order valence-electron chi connectivity index (χ2n) is 14.5. The molecule has 2 aromatic heterocycles. The van der Waals surface area contributed by atoms with E-state index < -0.39 is 0 Å². The predicted molar refractivity (Wildman–Crippen MR) is 197 cm³/mol. The average molecular weight is 619 g/mol. The number of hydrogen-bond acceptors (Lipinski definition) is 3. The van der Waals surface area contributed by atoms with Crippen LogP contribution in [0.2, 0.25) is 0 Å². The number of fused-ring (bicyclic) bond motifs is 4. The quantitative estimate of drug-likeness (QED) is 0.198. The second-order valence-corrected chi connectivity index (χ2v) is 14.5. The average Bonchev–Trinajstić information content (AvgIpc) is 3.56. The maximum Gasteiger partial charge on any atom is 0.238 e. The third kappa shape index (κ3) is 3.42. The van der Waals surface area contributed by atoms with Crippen LogP contribution < -0.4 is 0 Å². The van der Waals surface area contributed by atoms with Gasteiger partial charge in [-0.2, -0.15) is 9.97 Å². The zero-order valence-electron chi connectivity index (χ0n) is 27.8. The predicted octanol–water partition coefficient (Wildman–Crippen LogP) is 10.7. The molecule has 0 unspecified atom stereocenters. The molecule has 10 rings (SSSR count). The van der Waals surface area contributed by atoms with Crippen molar-refractivity contribution in [2.75, 3.05) is 0 Å². The van der Waals surface area contributed by atoms with E-state index >= 15 is 0 Å². The molecule has 0 fully saturated rings. The molecule has 8 aromatic rings. The standard InChI is InChI=1S/C44H34N4/c1-25-23-32-36-35-28(25)20-14-21-31(35)44(4,5)38-37(36)33(43(32,2)3)24-30-29-19-12-13-22-34(29)48(39(30)38)42-46-40(26-15-8-6-9-16-26)45-41(47-42)27-17-10-7-11-18-27/h6-24H,1-5H3. The Morgan fingerprint density at radius 3 is 1.81 bits per heavy atom. The molecule has 2 aliphatic carbocycles. The highest BCUT2D eigenvalue weighted by Gasteiger charge is 2.47. The molecule has 0 saturated heterocycles. The molecule has 2 aliphatic rings. The van der Waals surface area contributed by atoms with Gasteiger partial charge in [0.15, 0.2) is 11.6 Å². The van der Waals surface area contributed by atoms with Crippen molar-refractivity contribution in [3.63, 3.8) is 0 Å². The van der Waals surface area contributed by atoms with Gasteiger partial charge in [0.05, 0.1) is 11.0 Å². The molecule has 2 heterocycles. The number of aryl methyl sites for hydroxylation is 1. The summed E-state index contributed by atoms with van der Waals surface area (Å²) in [5.41, 5.74) is 13.5. The first-order chi connectivity index (χ1) is 23.2. The third-order valence-electron chi connectivity index (χ3n) is 11.1. The lowest BCUT2D eigenvalue weighted by molar-refractivity contribution is 0.643. The normalized spacial score (nSPS) is 15.1. The molecule has 0 radical (unpaired) electrons. The molecular weight excluding hydrogens is 585 g/mol. The van der Waals surface area contributed by atoms with E-state index in [0.29, 0.717) is 17.6 Å². The summed E-state index contributed by atoms with van der Waals surface area (Å²) >= 11 is 0. The van der Waals surface area contributed by atoms with Gasteiger partial charge in [-0.1, -0.05) is 131 Å². The van der Waals surface area contributed by atoms with E-state index in [9.17, 15) is 0 Å². The van der Waals surface area contributed by atoms with Gasteiger partial charge in [-0.25, -0.2) is 4.98 Å². The lowest BCUT2D eigenvalue weighted by Gasteiger charge is -2.36. The third-order valence-corrected chi connectivity index (χ3v) is 11.1. The smallest absolute Gasteiger partial charge is 0.238 e. The minimum atomic E-state index is -0.286. The largest absolute Gasteiger partial charge is 0.277 e. The summed E-state index contributed by atoms with van der Waals surface area (Å²) in [6.07, 6.45) is 0. The lowest BCUT2D eigenvalue weighted by Crippen LogP contribution is -2.25. The number of benzene rings is 6. The van der Waals surface area contributed by atoms with Crippen molar-refractivity contribution in [1.29, 1.82) is 0 Å².